The van der Waals surface area contributed by atoms with Gasteiger partial charge in [0.15, 0.2) is 4.74 Å². The van der Waals surface area contributed by atoms with E-state index in [2.05, 4.69) is 15.9 Å². The van der Waals surface area contributed by atoms with Crippen molar-refractivity contribution in [3.05, 3.63) is 63.9 Å². The molecule has 170 valence electrons. The Morgan fingerprint density at radius 3 is 2.19 bits per heavy atom. The topological polar surface area (TPSA) is 27.7 Å². The van der Waals surface area contributed by atoms with Gasteiger partial charge in [0.2, 0.25) is 0 Å². The van der Waals surface area contributed by atoms with Crippen LogP contribution in [0.4, 0.5) is 17.6 Å². The molecular weight excluding hydrogens is 480 g/mol. The molecule has 0 heterocycles. The van der Waals surface area contributed by atoms with E-state index in [9.17, 15) is 17.6 Å². The third-order valence-corrected chi connectivity index (χ3v) is 4.75. The fourth-order valence-corrected chi connectivity index (χ4v) is 3.01. The van der Waals surface area contributed by atoms with Crippen LogP contribution in [0.5, 0.6) is 17.2 Å². The highest BCUT2D eigenvalue weighted by Crippen LogP contribution is 2.31. The summed E-state index contributed by atoms with van der Waals surface area (Å²) in [6, 6.07) is 8.39. The van der Waals surface area contributed by atoms with Crippen LogP contribution in [-0.2, 0) is 12.6 Å². The van der Waals surface area contributed by atoms with E-state index in [1.165, 1.54) is 18.2 Å². The number of rotatable bonds is 11. The van der Waals surface area contributed by atoms with Gasteiger partial charge in [-0.3, -0.25) is 0 Å². The van der Waals surface area contributed by atoms with Crippen molar-refractivity contribution < 1.29 is 31.8 Å². The summed E-state index contributed by atoms with van der Waals surface area (Å²) in [5.41, 5.74) is 1.23. The molecule has 0 amide bonds. The number of benzene rings is 2. The van der Waals surface area contributed by atoms with Crippen LogP contribution < -0.4 is 14.2 Å². The molecule has 0 bridgehead atoms. The second kappa shape index (κ2) is 12.0. The Morgan fingerprint density at radius 2 is 1.61 bits per heavy atom. The molecule has 8 heteroatoms. The lowest BCUT2D eigenvalue weighted by Crippen LogP contribution is -2.06. The van der Waals surface area contributed by atoms with Crippen LogP contribution in [0.15, 0.2) is 47.2 Å². The number of alkyl halides is 3. The van der Waals surface area contributed by atoms with E-state index in [0.29, 0.717) is 31.1 Å². The zero-order valence-corrected chi connectivity index (χ0v) is 19.0. The van der Waals surface area contributed by atoms with Crippen molar-refractivity contribution in [2.45, 2.75) is 39.3 Å². The molecule has 3 nitrogen and oxygen atoms in total. The number of ether oxygens (including phenoxy) is 3. The van der Waals surface area contributed by atoms with Gasteiger partial charge in [0, 0.05) is 0 Å². The fourth-order valence-electron chi connectivity index (χ4n) is 2.87. The zero-order valence-electron chi connectivity index (χ0n) is 17.4. The highest BCUT2D eigenvalue weighted by atomic mass is 79.9. The van der Waals surface area contributed by atoms with Gasteiger partial charge in [0.25, 0.3) is 0 Å². The zero-order chi connectivity index (χ0) is 22.9. The Morgan fingerprint density at radius 1 is 0.968 bits per heavy atom. The molecule has 2 aromatic rings. The van der Waals surface area contributed by atoms with E-state index < -0.39 is 16.5 Å². The normalized spacial score (nSPS) is 12.0. The molecule has 0 saturated carbocycles. The van der Waals surface area contributed by atoms with Crippen LogP contribution in [-0.4, -0.2) is 19.8 Å². The van der Waals surface area contributed by atoms with E-state index in [4.69, 9.17) is 14.2 Å². The largest absolute Gasteiger partial charge is 0.494 e. The van der Waals surface area contributed by atoms with Crippen LogP contribution in [0, 0.1) is 6.92 Å². The molecule has 31 heavy (non-hydrogen) atoms. The van der Waals surface area contributed by atoms with E-state index in [1.54, 1.807) is 0 Å². The molecule has 0 aromatic heterocycles. The summed E-state index contributed by atoms with van der Waals surface area (Å²) in [4.78, 5) is 0. The SMILES string of the molecule is CCc1cc(OCC=C(F)Br)cc(C)c1OCCCCOc1ccc(C(F)(F)F)cc1. The first-order chi connectivity index (χ1) is 14.7. The lowest BCUT2D eigenvalue weighted by atomic mass is 10.1. The van der Waals surface area contributed by atoms with Gasteiger partial charge in [0.05, 0.1) is 18.8 Å². The first-order valence-corrected chi connectivity index (χ1v) is 10.7. The van der Waals surface area contributed by atoms with Gasteiger partial charge in [-0.1, -0.05) is 6.92 Å². The minimum absolute atomic E-state index is 0.124. The van der Waals surface area contributed by atoms with E-state index >= 15 is 0 Å². The van der Waals surface area contributed by atoms with Crippen LogP contribution in [0.3, 0.4) is 0 Å². The van der Waals surface area contributed by atoms with Crippen LogP contribution in [0.1, 0.15) is 36.5 Å². The fraction of sp³-hybridized carbons (Fsp3) is 0.391. The van der Waals surface area contributed by atoms with Crippen molar-refractivity contribution in [1.29, 1.82) is 0 Å². The number of hydrogen-bond acceptors (Lipinski definition) is 3. The molecule has 0 N–H and O–H groups in total. The van der Waals surface area contributed by atoms with Gasteiger partial charge in [-0.15, -0.1) is 0 Å². The predicted molar refractivity (Wildman–Crippen MR) is 116 cm³/mol. The smallest absolute Gasteiger partial charge is 0.416 e. The van der Waals surface area contributed by atoms with Gasteiger partial charge in [-0.2, -0.15) is 17.6 Å². The monoisotopic (exact) mass is 504 g/mol. The van der Waals surface area contributed by atoms with Crippen molar-refractivity contribution in [2.75, 3.05) is 19.8 Å². The molecule has 0 aliphatic rings. The minimum Gasteiger partial charge on any atom is -0.494 e. The van der Waals surface area contributed by atoms with Gasteiger partial charge in [-0.25, -0.2) is 0 Å². The molecule has 2 rings (SSSR count). The molecule has 0 aliphatic carbocycles. The maximum atomic E-state index is 12.7. The van der Waals surface area contributed by atoms with Gasteiger partial charge >= 0.3 is 6.18 Å². The van der Waals surface area contributed by atoms with Crippen molar-refractivity contribution in [3.8, 4) is 17.2 Å². The van der Waals surface area contributed by atoms with E-state index in [1.807, 2.05) is 26.0 Å². The summed E-state index contributed by atoms with van der Waals surface area (Å²) in [5, 5.41) is 0. The van der Waals surface area contributed by atoms with Gasteiger partial charge in [0.1, 0.15) is 23.9 Å². The van der Waals surface area contributed by atoms with Gasteiger partial charge < -0.3 is 14.2 Å². The predicted octanol–water partition coefficient (Wildman–Crippen LogP) is 7.40. The third kappa shape index (κ3) is 8.44. The van der Waals surface area contributed by atoms with Crippen LogP contribution >= 0.6 is 15.9 Å². The highest BCUT2D eigenvalue weighted by Gasteiger charge is 2.29. The molecule has 0 radical (unpaired) electrons. The number of unbranched alkanes of at least 4 members (excludes halogenated alkanes) is 1. The Labute approximate surface area is 188 Å². The number of aryl methyl sites for hydroxylation is 2. The standard InChI is InChI=1S/C23H25BrF4O3/c1-3-17-15-20(30-13-10-21(24)25)14-16(2)22(17)31-12-5-4-11-29-19-8-6-18(7-9-19)23(26,27)28/h6-10,14-15H,3-5,11-13H2,1-2H3. The molecule has 2 aromatic carbocycles. The summed E-state index contributed by atoms with van der Waals surface area (Å²) in [7, 11) is 0. The number of hydrogen-bond donors (Lipinski definition) is 0. The average Bonchev–Trinajstić information content (AvgIpc) is 2.70. The maximum Gasteiger partial charge on any atom is 0.416 e. The maximum absolute atomic E-state index is 12.7. The summed E-state index contributed by atoms with van der Waals surface area (Å²) in [6.45, 7) is 4.94. The first kappa shape index (κ1) is 25.0. The quantitative estimate of drug-likeness (QED) is 0.235. The van der Waals surface area contributed by atoms with Crippen LogP contribution in [0.25, 0.3) is 0 Å². The third-order valence-electron chi connectivity index (χ3n) is 4.43. The Balaban J connectivity index is 1.78. The number of halogens is 5. The molecular formula is C23H25BrF4O3. The van der Waals surface area contributed by atoms with E-state index in [-0.39, 0.29) is 6.61 Å². The first-order valence-electron chi connectivity index (χ1n) is 9.91. The Bertz CT molecular complexity index is 860. The van der Waals surface area contributed by atoms with E-state index in [0.717, 1.165) is 41.9 Å². The summed E-state index contributed by atoms with van der Waals surface area (Å²) < 4.78 is 66.9. The average molecular weight is 505 g/mol. The molecule has 0 atom stereocenters. The van der Waals surface area contributed by atoms with Crippen LogP contribution in [0.2, 0.25) is 0 Å². The molecule has 0 spiro atoms. The van der Waals surface area contributed by atoms with Crippen molar-refractivity contribution >= 4 is 15.9 Å². The molecule has 0 aliphatic heterocycles. The summed E-state index contributed by atoms with van der Waals surface area (Å²) in [5.74, 6) is 1.86. The summed E-state index contributed by atoms with van der Waals surface area (Å²) in [6.07, 6.45) is -0.868. The molecule has 0 saturated heterocycles. The lowest BCUT2D eigenvalue weighted by molar-refractivity contribution is -0.137. The Kier molecular flexibility index (Phi) is 9.68. The molecule has 0 unspecified atom stereocenters. The van der Waals surface area contributed by atoms with Crippen molar-refractivity contribution in [1.82, 2.24) is 0 Å². The highest BCUT2D eigenvalue weighted by molar-refractivity contribution is 9.11. The van der Waals surface area contributed by atoms with Crippen molar-refractivity contribution in [3.63, 3.8) is 0 Å². The van der Waals surface area contributed by atoms with Crippen molar-refractivity contribution in [2.24, 2.45) is 0 Å². The minimum atomic E-state index is -4.35. The Hall–Kier alpha value is -2.22. The lowest BCUT2D eigenvalue weighted by Gasteiger charge is -2.16. The molecule has 0 fully saturated rings. The summed E-state index contributed by atoms with van der Waals surface area (Å²) >= 11 is 2.72. The second-order valence-corrected chi connectivity index (χ2v) is 7.57. The van der Waals surface area contributed by atoms with Gasteiger partial charge in [-0.05, 0) is 95.7 Å². The second-order valence-electron chi connectivity index (χ2n) is 6.81.